The number of aryl methyl sites for hydroxylation is 1. The quantitative estimate of drug-likeness (QED) is 0.783. The molecule has 0 atom stereocenters. The number of rotatable bonds is 3. The minimum absolute atomic E-state index is 0.278. The monoisotopic (exact) mass is 294 g/mol. The number of hydrogen-bond donors (Lipinski definition) is 1. The number of carbonyl (C=O) groups is 1. The fourth-order valence-corrected chi connectivity index (χ4v) is 1.93. The van der Waals surface area contributed by atoms with Crippen molar-refractivity contribution in [3.8, 4) is 17.2 Å². The van der Waals surface area contributed by atoms with Gasteiger partial charge in [0.15, 0.2) is 0 Å². The van der Waals surface area contributed by atoms with Gasteiger partial charge in [0.05, 0.1) is 0 Å². The van der Waals surface area contributed by atoms with Crippen molar-refractivity contribution < 1.29 is 13.9 Å². The van der Waals surface area contributed by atoms with Crippen LogP contribution >= 0.6 is 0 Å². The number of amides is 1. The van der Waals surface area contributed by atoms with E-state index >= 15 is 0 Å². The Morgan fingerprint density at radius 2 is 1.68 bits per heavy atom. The van der Waals surface area contributed by atoms with E-state index in [1.807, 2.05) is 36.4 Å². The SMILES string of the molecule is Cc1nc(-c2ccccc2)oc1NC(=O)Oc1ccccc1. The Labute approximate surface area is 127 Å². The maximum absolute atomic E-state index is 11.9. The van der Waals surface area contributed by atoms with Crippen LogP contribution in [0.3, 0.4) is 0 Å². The van der Waals surface area contributed by atoms with E-state index in [0.717, 1.165) is 5.56 Å². The Morgan fingerprint density at radius 3 is 2.36 bits per heavy atom. The van der Waals surface area contributed by atoms with Crippen molar-refractivity contribution >= 4 is 12.0 Å². The molecule has 110 valence electrons. The lowest BCUT2D eigenvalue weighted by Gasteiger charge is -2.04. The molecule has 0 saturated carbocycles. The summed E-state index contributed by atoms with van der Waals surface area (Å²) < 4.78 is 10.7. The van der Waals surface area contributed by atoms with Gasteiger partial charge in [-0.15, -0.1) is 0 Å². The van der Waals surface area contributed by atoms with Crippen molar-refractivity contribution in [1.29, 1.82) is 0 Å². The molecule has 0 saturated heterocycles. The van der Waals surface area contributed by atoms with Crippen LogP contribution < -0.4 is 10.1 Å². The number of oxazole rings is 1. The van der Waals surface area contributed by atoms with Crippen LogP contribution in [0.5, 0.6) is 5.75 Å². The maximum Gasteiger partial charge on any atom is 0.419 e. The molecular weight excluding hydrogens is 280 g/mol. The van der Waals surface area contributed by atoms with Crippen molar-refractivity contribution in [1.82, 2.24) is 4.98 Å². The van der Waals surface area contributed by atoms with Gasteiger partial charge in [-0.05, 0) is 31.2 Å². The van der Waals surface area contributed by atoms with Crippen molar-refractivity contribution in [2.45, 2.75) is 6.92 Å². The third-order valence-electron chi connectivity index (χ3n) is 2.99. The predicted molar refractivity (Wildman–Crippen MR) is 82.8 cm³/mol. The molecule has 0 spiro atoms. The normalized spacial score (nSPS) is 10.2. The number of anilines is 1. The molecule has 0 aliphatic carbocycles. The zero-order valence-corrected chi connectivity index (χ0v) is 11.9. The summed E-state index contributed by atoms with van der Waals surface area (Å²) >= 11 is 0. The smallest absolute Gasteiger partial charge is 0.419 e. The van der Waals surface area contributed by atoms with Crippen LogP contribution in [0, 0.1) is 6.92 Å². The Hall–Kier alpha value is -3.08. The van der Waals surface area contributed by atoms with E-state index in [-0.39, 0.29) is 5.88 Å². The molecule has 1 N–H and O–H groups in total. The molecule has 3 aromatic rings. The van der Waals surface area contributed by atoms with Gasteiger partial charge in [-0.2, -0.15) is 0 Å². The Bertz CT molecular complexity index is 767. The summed E-state index contributed by atoms with van der Waals surface area (Å²) in [6, 6.07) is 18.3. The number of nitrogens with one attached hydrogen (secondary N) is 1. The first-order valence-corrected chi connectivity index (χ1v) is 6.79. The van der Waals surface area contributed by atoms with Crippen LogP contribution in [0.15, 0.2) is 65.1 Å². The van der Waals surface area contributed by atoms with Crippen molar-refractivity contribution in [2.75, 3.05) is 5.32 Å². The second-order valence-corrected chi connectivity index (χ2v) is 4.63. The lowest BCUT2D eigenvalue weighted by atomic mass is 10.2. The zero-order valence-electron chi connectivity index (χ0n) is 11.9. The predicted octanol–water partition coefficient (Wildman–Crippen LogP) is 4.26. The summed E-state index contributed by atoms with van der Waals surface area (Å²) in [4.78, 5) is 16.2. The summed E-state index contributed by atoms with van der Waals surface area (Å²) in [5.74, 6) is 1.19. The minimum Gasteiger partial charge on any atom is -0.420 e. The van der Waals surface area contributed by atoms with Gasteiger partial charge < -0.3 is 9.15 Å². The fraction of sp³-hybridized carbons (Fsp3) is 0.0588. The van der Waals surface area contributed by atoms with Gasteiger partial charge in [-0.1, -0.05) is 36.4 Å². The molecule has 3 rings (SSSR count). The van der Waals surface area contributed by atoms with E-state index in [1.54, 1.807) is 31.2 Å². The second kappa shape index (κ2) is 6.13. The number of carbonyl (C=O) groups excluding carboxylic acids is 1. The number of benzene rings is 2. The zero-order chi connectivity index (χ0) is 15.4. The first-order valence-electron chi connectivity index (χ1n) is 6.79. The molecular formula is C17H14N2O3. The molecule has 0 unspecified atom stereocenters. The van der Waals surface area contributed by atoms with Crippen LogP contribution in [0.25, 0.3) is 11.5 Å². The molecule has 1 aromatic heterocycles. The highest BCUT2D eigenvalue weighted by molar-refractivity contribution is 5.85. The minimum atomic E-state index is -0.620. The number of aromatic nitrogens is 1. The molecule has 5 heteroatoms. The van der Waals surface area contributed by atoms with E-state index in [2.05, 4.69) is 10.3 Å². The standard InChI is InChI=1S/C17H14N2O3/c1-12-15(19-17(20)21-14-10-6-3-7-11-14)22-16(18-12)13-8-4-2-5-9-13/h2-11H,1H3,(H,19,20). The van der Waals surface area contributed by atoms with Crippen molar-refractivity contribution in [3.05, 3.63) is 66.4 Å². The lowest BCUT2D eigenvalue weighted by molar-refractivity contribution is 0.214. The molecule has 5 nitrogen and oxygen atoms in total. The Balaban J connectivity index is 1.73. The Morgan fingerprint density at radius 1 is 1.05 bits per heavy atom. The van der Waals surface area contributed by atoms with Gasteiger partial charge in [0.25, 0.3) is 0 Å². The van der Waals surface area contributed by atoms with Crippen LogP contribution in [0.1, 0.15) is 5.69 Å². The summed E-state index contributed by atoms with van der Waals surface area (Å²) in [5, 5.41) is 2.56. The van der Waals surface area contributed by atoms with E-state index in [9.17, 15) is 4.79 Å². The molecule has 2 aromatic carbocycles. The molecule has 1 heterocycles. The largest absolute Gasteiger partial charge is 0.420 e. The summed E-state index contributed by atoms with van der Waals surface area (Å²) in [6.07, 6.45) is -0.620. The average Bonchev–Trinajstić information content (AvgIpc) is 2.90. The summed E-state index contributed by atoms with van der Waals surface area (Å²) in [7, 11) is 0. The van der Waals surface area contributed by atoms with Crippen molar-refractivity contribution in [3.63, 3.8) is 0 Å². The van der Waals surface area contributed by atoms with Crippen LogP contribution in [0.4, 0.5) is 10.7 Å². The highest BCUT2D eigenvalue weighted by atomic mass is 16.6. The van der Waals surface area contributed by atoms with Crippen LogP contribution in [0.2, 0.25) is 0 Å². The average molecular weight is 294 g/mol. The lowest BCUT2D eigenvalue weighted by Crippen LogP contribution is -2.16. The fourth-order valence-electron chi connectivity index (χ4n) is 1.93. The first kappa shape index (κ1) is 13.9. The molecule has 0 aliphatic rings. The summed E-state index contributed by atoms with van der Waals surface area (Å²) in [5.41, 5.74) is 1.43. The van der Waals surface area contributed by atoms with Gasteiger partial charge >= 0.3 is 6.09 Å². The molecule has 0 radical (unpaired) electrons. The van der Waals surface area contributed by atoms with Gasteiger partial charge in [0.2, 0.25) is 11.8 Å². The molecule has 0 fully saturated rings. The van der Waals surface area contributed by atoms with Gasteiger partial charge in [0, 0.05) is 5.56 Å². The highest BCUT2D eigenvalue weighted by Crippen LogP contribution is 2.25. The van der Waals surface area contributed by atoms with E-state index in [4.69, 9.17) is 9.15 Å². The third-order valence-corrected chi connectivity index (χ3v) is 2.99. The topological polar surface area (TPSA) is 64.4 Å². The highest BCUT2D eigenvalue weighted by Gasteiger charge is 2.14. The number of nitrogens with zero attached hydrogens (tertiary/aromatic N) is 1. The van der Waals surface area contributed by atoms with Crippen LogP contribution in [-0.2, 0) is 0 Å². The first-order chi connectivity index (χ1) is 10.7. The van der Waals surface area contributed by atoms with Crippen molar-refractivity contribution in [2.24, 2.45) is 0 Å². The third kappa shape index (κ3) is 3.15. The number of ether oxygens (including phenoxy) is 1. The van der Waals surface area contributed by atoms with E-state index < -0.39 is 6.09 Å². The summed E-state index contributed by atoms with van der Waals surface area (Å²) in [6.45, 7) is 1.76. The molecule has 0 aliphatic heterocycles. The number of para-hydroxylation sites is 1. The van der Waals surface area contributed by atoms with Gasteiger partial charge in [-0.25, -0.2) is 9.78 Å². The molecule has 22 heavy (non-hydrogen) atoms. The number of hydrogen-bond acceptors (Lipinski definition) is 4. The maximum atomic E-state index is 11.9. The van der Waals surface area contributed by atoms with E-state index in [0.29, 0.717) is 17.3 Å². The van der Waals surface area contributed by atoms with E-state index in [1.165, 1.54) is 0 Å². The Kier molecular flexibility index (Phi) is 3.87. The molecule has 1 amide bonds. The van der Waals surface area contributed by atoms with Crippen LogP contribution in [-0.4, -0.2) is 11.1 Å². The van der Waals surface area contributed by atoms with Gasteiger partial charge in [-0.3, -0.25) is 5.32 Å². The molecule has 0 bridgehead atoms. The second-order valence-electron chi connectivity index (χ2n) is 4.63. The van der Waals surface area contributed by atoms with Gasteiger partial charge in [0.1, 0.15) is 11.4 Å².